The molecule has 14 heteroatoms. The van der Waals surface area contributed by atoms with Gasteiger partial charge in [0.2, 0.25) is 0 Å². The highest BCUT2D eigenvalue weighted by Gasteiger charge is 2.38. The first-order valence-corrected chi connectivity index (χ1v) is 18.3. The zero-order valence-corrected chi connectivity index (χ0v) is 30.6. The summed E-state index contributed by atoms with van der Waals surface area (Å²) in [7, 11) is 2.44. The number of alkyl halides is 12. The van der Waals surface area contributed by atoms with Crippen molar-refractivity contribution in [2.75, 3.05) is 26.7 Å². The normalized spacial score (nSPS) is 15.1. The van der Waals surface area contributed by atoms with Crippen molar-refractivity contribution in [3.05, 3.63) is 119 Å². The number of benzene rings is 4. The van der Waals surface area contributed by atoms with Crippen molar-refractivity contribution in [1.82, 2.24) is 0 Å². The number of likely N-dealkylation sites (tertiary alicyclic amines) is 1. The van der Waals surface area contributed by atoms with Crippen LogP contribution in [0, 0.1) is 0 Å². The summed E-state index contributed by atoms with van der Waals surface area (Å²) in [6.07, 6.45) is -10.4. The highest BCUT2D eigenvalue weighted by atomic mass is 19.4. The van der Waals surface area contributed by atoms with Crippen molar-refractivity contribution in [2.24, 2.45) is 0 Å². The lowest BCUT2D eigenvalue weighted by atomic mass is 9.13. The molecule has 1 nitrogen and oxygen atoms in total. The average molecular weight is 790 g/mol. The van der Waals surface area contributed by atoms with Crippen molar-refractivity contribution in [3.63, 3.8) is 0 Å². The van der Waals surface area contributed by atoms with Gasteiger partial charge >= 0.3 is 24.7 Å². The first-order valence-electron chi connectivity index (χ1n) is 18.3. The summed E-state index contributed by atoms with van der Waals surface area (Å²) in [5, 5.41) is 0. The van der Waals surface area contributed by atoms with E-state index in [0.29, 0.717) is 48.5 Å². The molecule has 55 heavy (non-hydrogen) atoms. The van der Waals surface area contributed by atoms with Gasteiger partial charge in [-0.05, 0) is 12.8 Å². The van der Waals surface area contributed by atoms with Crippen molar-refractivity contribution < 1.29 is 57.2 Å². The van der Waals surface area contributed by atoms with E-state index in [2.05, 4.69) is 14.0 Å². The molecule has 1 aliphatic heterocycles. The highest BCUT2D eigenvalue weighted by molar-refractivity contribution is 7.19. The summed E-state index contributed by atoms with van der Waals surface area (Å²) in [5.74, 6) is 0. The SMILES string of the molecule is CCCCCCCC[N+]1(C)CCCC1.FC(F)(F)c1ccc([B-](c2ccc(C(F)(F)F)cc2)(c2ccc(C(F)(F)F)cc2)c2ccc(C(F)(F)F)cc2)cc1. The third-order valence-corrected chi connectivity index (χ3v) is 10.6. The van der Waals surface area contributed by atoms with Crippen molar-refractivity contribution in [3.8, 4) is 0 Å². The van der Waals surface area contributed by atoms with Crippen molar-refractivity contribution in [2.45, 2.75) is 83.0 Å². The minimum atomic E-state index is -4.77. The fraction of sp³-hybridized carbons (Fsp3) is 0.415. The molecule has 0 unspecified atom stereocenters. The first kappa shape index (κ1) is 43.8. The number of hydrogen-bond acceptors (Lipinski definition) is 0. The molecule has 0 bridgehead atoms. The lowest BCUT2D eigenvalue weighted by Crippen LogP contribution is -2.74. The Labute approximate surface area is 313 Å². The maximum Gasteiger partial charge on any atom is 0.416 e. The van der Waals surface area contributed by atoms with E-state index in [0.717, 1.165) is 48.5 Å². The summed E-state index contributed by atoms with van der Waals surface area (Å²) in [5.41, 5.74) is -4.29. The molecular weight excluding hydrogens is 745 g/mol. The van der Waals surface area contributed by atoms with Crippen LogP contribution in [0.1, 0.15) is 80.5 Å². The Kier molecular flexibility index (Phi) is 13.9. The van der Waals surface area contributed by atoms with Gasteiger partial charge in [0.25, 0.3) is 0 Å². The Balaban J connectivity index is 0.000000404. The van der Waals surface area contributed by atoms with E-state index in [1.54, 1.807) is 0 Å². The summed E-state index contributed by atoms with van der Waals surface area (Å²) in [4.78, 5) is 0. The Morgan fingerprint density at radius 3 is 0.927 bits per heavy atom. The maximum atomic E-state index is 13.3. The standard InChI is InChI=1S/C28H16BF12.C13H28N/c30-25(31,32)17-1-9-21(10-2-17)29(22-11-3-18(4-12-22)26(33,34)35,23-13-5-19(6-14-23)27(36,37)38)24-15-7-20(8-16-24)28(39,40)41;1-3-4-5-6-7-8-11-14(2)12-9-10-13-14/h1-16H;3-13H2,1-2H3/q-1;+1. The van der Waals surface area contributed by atoms with Crippen LogP contribution in [0.2, 0.25) is 0 Å². The summed E-state index contributed by atoms with van der Waals surface area (Å²) >= 11 is 0. The Hall–Kier alpha value is -3.94. The molecule has 4 aromatic carbocycles. The number of rotatable bonds is 11. The van der Waals surface area contributed by atoms with Gasteiger partial charge in [0.1, 0.15) is 6.15 Å². The number of hydrogen-bond donors (Lipinski definition) is 0. The summed E-state index contributed by atoms with van der Waals surface area (Å²) < 4.78 is 161. The largest absolute Gasteiger partial charge is 0.416 e. The molecule has 1 aliphatic rings. The number of halogens is 12. The minimum Gasteiger partial charge on any atom is -0.326 e. The summed E-state index contributed by atoms with van der Waals surface area (Å²) in [6.45, 7) is 6.60. The van der Waals surface area contributed by atoms with Crippen LogP contribution >= 0.6 is 0 Å². The molecule has 4 aromatic rings. The van der Waals surface area contributed by atoms with Crippen LogP contribution in [0.25, 0.3) is 0 Å². The molecule has 0 atom stereocenters. The van der Waals surface area contributed by atoms with Gasteiger partial charge in [-0.2, -0.15) is 74.5 Å². The van der Waals surface area contributed by atoms with Crippen LogP contribution in [0.5, 0.6) is 0 Å². The Bertz CT molecular complexity index is 1530. The van der Waals surface area contributed by atoms with Gasteiger partial charge in [-0.1, -0.05) is 130 Å². The van der Waals surface area contributed by atoms with E-state index in [4.69, 9.17) is 0 Å². The van der Waals surface area contributed by atoms with E-state index >= 15 is 0 Å². The minimum absolute atomic E-state index is 0.0114. The lowest BCUT2D eigenvalue weighted by Gasteiger charge is -2.44. The third-order valence-electron chi connectivity index (χ3n) is 10.6. The van der Waals surface area contributed by atoms with Crippen LogP contribution in [-0.2, 0) is 24.7 Å². The highest BCUT2D eigenvalue weighted by Crippen LogP contribution is 2.32. The molecule has 300 valence electrons. The predicted octanol–water partition coefficient (Wildman–Crippen LogP) is 10.7. The first-order chi connectivity index (χ1) is 25.6. The summed E-state index contributed by atoms with van der Waals surface area (Å²) in [6, 6.07) is 13.6. The Morgan fingerprint density at radius 1 is 0.418 bits per heavy atom. The molecule has 0 N–H and O–H groups in total. The zero-order chi connectivity index (χ0) is 40.7. The fourth-order valence-electron chi connectivity index (χ4n) is 7.59. The van der Waals surface area contributed by atoms with Gasteiger partial charge in [-0.3, -0.25) is 0 Å². The molecule has 1 fully saturated rings. The van der Waals surface area contributed by atoms with Crippen molar-refractivity contribution in [1.29, 1.82) is 0 Å². The second-order valence-electron chi connectivity index (χ2n) is 14.6. The van der Waals surface area contributed by atoms with Gasteiger partial charge in [0.15, 0.2) is 0 Å². The third kappa shape index (κ3) is 11.1. The van der Waals surface area contributed by atoms with Gasteiger partial charge in [-0.15, -0.1) is 0 Å². The molecule has 0 saturated carbocycles. The lowest BCUT2D eigenvalue weighted by molar-refractivity contribution is -0.897. The van der Waals surface area contributed by atoms with E-state index in [1.807, 2.05) is 0 Å². The van der Waals surface area contributed by atoms with E-state index < -0.39 is 53.1 Å². The quantitative estimate of drug-likeness (QED) is 0.0615. The maximum absolute atomic E-state index is 13.3. The molecule has 1 saturated heterocycles. The van der Waals surface area contributed by atoms with Crippen LogP contribution in [0.3, 0.4) is 0 Å². The number of quaternary nitrogens is 1. The monoisotopic (exact) mass is 789 g/mol. The number of unbranched alkanes of at least 4 members (excludes halogenated alkanes) is 5. The molecule has 0 aliphatic carbocycles. The van der Waals surface area contributed by atoms with Gasteiger partial charge in [0, 0.05) is 12.8 Å². The van der Waals surface area contributed by atoms with Crippen molar-refractivity contribution >= 4 is 28.0 Å². The smallest absolute Gasteiger partial charge is 0.326 e. The Morgan fingerprint density at radius 2 is 0.673 bits per heavy atom. The van der Waals surface area contributed by atoms with E-state index in [9.17, 15) is 52.7 Å². The van der Waals surface area contributed by atoms with Crippen LogP contribution < -0.4 is 21.9 Å². The van der Waals surface area contributed by atoms with Crippen LogP contribution in [0.4, 0.5) is 52.7 Å². The van der Waals surface area contributed by atoms with E-state index in [-0.39, 0.29) is 21.9 Å². The molecular formula is C41H44BF12N. The molecule has 0 spiro atoms. The predicted molar refractivity (Wildman–Crippen MR) is 193 cm³/mol. The topological polar surface area (TPSA) is 0 Å². The molecule has 0 radical (unpaired) electrons. The van der Waals surface area contributed by atoms with Gasteiger partial charge in [0.05, 0.1) is 48.9 Å². The second kappa shape index (κ2) is 17.5. The molecule has 0 amide bonds. The van der Waals surface area contributed by atoms with Crippen LogP contribution in [-0.4, -0.2) is 37.3 Å². The molecule has 5 rings (SSSR count). The van der Waals surface area contributed by atoms with Gasteiger partial charge < -0.3 is 4.48 Å². The second-order valence-corrected chi connectivity index (χ2v) is 14.6. The molecule has 1 heterocycles. The van der Waals surface area contributed by atoms with E-state index in [1.165, 1.54) is 75.5 Å². The van der Waals surface area contributed by atoms with Crippen LogP contribution in [0.15, 0.2) is 97.1 Å². The average Bonchev–Trinajstić information content (AvgIpc) is 3.56. The zero-order valence-electron chi connectivity index (χ0n) is 30.6. The van der Waals surface area contributed by atoms with Gasteiger partial charge in [-0.25, -0.2) is 0 Å². The number of nitrogens with zero attached hydrogens (tertiary/aromatic N) is 1. The molecule has 0 aromatic heterocycles. The fourth-order valence-corrected chi connectivity index (χ4v) is 7.59.